The minimum Gasteiger partial charge on any atom is -0.361 e. The summed E-state index contributed by atoms with van der Waals surface area (Å²) in [6.07, 6.45) is 6.22. The molecule has 1 saturated carbocycles. The van der Waals surface area contributed by atoms with Gasteiger partial charge in [-0.1, -0.05) is 39.0 Å². The summed E-state index contributed by atoms with van der Waals surface area (Å²) >= 11 is 0. The van der Waals surface area contributed by atoms with E-state index in [4.69, 9.17) is 0 Å². The minimum absolute atomic E-state index is 0.0160. The highest BCUT2D eigenvalue weighted by molar-refractivity contribution is 7.89. The van der Waals surface area contributed by atoms with Crippen LogP contribution >= 0.6 is 0 Å². The van der Waals surface area contributed by atoms with Crippen molar-refractivity contribution in [3.05, 3.63) is 65.9 Å². The van der Waals surface area contributed by atoms with E-state index in [0.29, 0.717) is 12.1 Å². The average molecular weight is 479 g/mol. The van der Waals surface area contributed by atoms with E-state index in [0.717, 1.165) is 35.7 Å². The van der Waals surface area contributed by atoms with E-state index < -0.39 is 15.9 Å². The number of hydrazone groups is 1. The van der Waals surface area contributed by atoms with Crippen LogP contribution in [0.3, 0.4) is 0 Å². The third-order valence-corrected chi connectivity index (χ3v) is 8.99. The zero-order valence-corrected chi connectivity index (χ0v) is 20.5. The van der Waals surface area contributed by atoms with E-state index in [-0.39, 0.29) is 21.8 Å². The number of carbonyl (C=O) groups excluding carboxylic acids is 1. The number of para-hydroxylation sites is 1. The molecule has 2 atom stereocenters. The topological polar surface area (TPSA) is 94.6 Å². The number of H-pyrrole nitrogens is 1. The van der Waals surface area contributed by atoms with Crippen LogP contribution in [0.1, 0.15) is 56.0 Å². The molecule has 2 aliphatic rings. The van der Waals surface area contributed by atoms with Gasteiger partial charge in [0, 0.05) is 40.8 Å². The third-order valence-electron chi connectivity index (χ3n) is 7.08. The second-order valence-electron chi connectivity index (χ2n) is 10.8. The molecule has 1 aliphatic carbocycles. The van der Waals surface area contributed by atoms with Gasteiger partial charge in [-0.3, -0.25) is 4.79 Å². The van der Waals surface area contributed by atoms with Crippen LogP contribution in [0.25, 0.3) is 10.9 Å². The normalized spacial score (nSPS) is 24.6. The van der Waals surface area contributed by atoms with Crippen LogP contribution in [-0.2, 0) is 10.0 Å². The molecule has 2 bridgehead atoms. The summed E-state index contributed by atoms with van der Waals surface area (Å²) in [5.41, 5.74) is 4.88. The molecule has 0 radical (unpaired) electrons. The van der Waals surface area contributed by atoms with Gasteiger partial charge in [0.25, 0.3) is 5.91 Å². The third kappa shape index (κ3) is 4.16. The fourth-order valence-corrected chi connectivity index (χ4v) is 7.80. The van der Waals surface area contributed by atoms with Crippen molar-refractivity contribution >= 4 is 33.0 Å². The fourth-order valence-electron chi connectivity index (χ4n) is 6.03. The largest absolute Gasteiger partial charge is 0.361 e. The zero-order chi connectivity index (χ0) is 24.1. The van der Waals surface area contributed by atoms with Gasteiger partial charge in [0.05, 0.1) is 11.1 Å². The smallest absolute Gasteiger partial charge is 0.271 e. The highest BCUT2D eigenvalue weighted by atomic mass is 32.2. The molecule has 7 nitrogen and oxygen atoms in total. The van der Waals surface area contributed by atoms with Gasteiger partial charge in [-0.25, -0.2) is 13.8 Å². The van der Waals surface area contributed by atoms with Crippen LogP contribution in [0.15, 0.2) is 64.7 Å². The van der Waals surface area contributed by atoms with Crippen molar-refractivity contribution in [1.82, 2.24) is 14.7 Å². The number of nitrogens with one attached hydrogen (secondary N) is 2. The van der Waals surface area contributed by atoms with Gasteiger partial charge in [-0.15, -0.1) is 0 Å². The first-order chi connectivity index (χ1) is 16.1. The van der Waals surface area contributed by atoms with Crippen molar-refractivity contribution in [1.29, 1.82) is 0 Å². The molecule has 2 aromatic carbocycles. The average Bonchev–Trinajstić information content (AvgIpc) is 3.31. The molecule has 178 valence electrons. The summed E-state index contributed by atoms with van der Waals surface area (Å²) < 4.78 is 28.5. The Balaban J connectivity index is 1.28. The first-order valence-corrected chi connectivity index (χ1v) is 13.0. The van der Waals surface area contributed by atoms with Crippen molar-refractivity contribution in [2.45, 2.75) is 51.0 Å². The molecule has 2 heterocycles. The molecule has 1 amide bonds. The number of hydrogen-bond donors (Lipinski definition) is 2. The van der Waals surface area contributed by atoms with Crippen LogP contribution in [0, 0.1) is 10.8 Å². The summed E-state index contributed by atoms with van der Waals surface area (Å²) in [5, 5.41) is 5.07. The molecule has 0 spiro atoms. The first kappa shape index (κ1) is 22.8. The van der Waals surface area contributed by atoms with Crippen LogP contribution in [0.2, 0.25) is 0 Å². The molecular weight excluding hydrogens is 448 g/mol. The number of rotatable bonds is 5. The molecule has 8 heteroatoms. The summed E-state index contributed by atoms with van der Waals surface area (Å²) in [6, 6.07) is 14.0. The Hall–Kier alpha value is -2.97. The number of benzene rings is 2. The Bertz CT molecular complexity index is 1370. The van der Waals surface area contributed by atoms with Crippen molar-refractivity contribution < 1.29 is 13.2 Å². The number of aromatic amines is 1. The second-order valence-corrected chi connectivity index (χ2v) is 12.7. The van der Waals surface area contributed by atoms with Crippen LogP contribution in [-0.4, -0.2) is 42.4 Å². The van der Waals surface area contributed by atoms with Crippen LogP contribution < -0.4 is 5.43 Å². The highest BCUT2D eigenvalue weighted by Gasteiger charge is 2.53. The van der Waals surface area contributed by atoms with E-state index in [1.54, 1.807) is 10.5 Å². The maximum absolute atomic E-state index is 13.4. The first-order valence-electron chi connectivity index (χ1n) is 11.6. The molecule has 1 aliphatic heterocycles. The molecule has 5 rings (SSSR count). The minimum atomic E-state index is -3.62. The standard InChI is InChI=1S/C26H30N4O3S/c1-25(2)12-20-13-26(3,16-25)17-30(20)34(32,33)21-10-8-18(9-11-21)24(31)29-28-15-19-14-27-23-7-5-4-6-22(19)23/h4-11,14-15,20,27H,12-13,16-17H2,1-3H3,(H,29,31)/b28-15+. The van der Waals surface area contributed by atoms with Gasteiger partial charge >= 0.3 is 0 Å². The number of nitrogens with zero attached hydrogens (tertiary/aromatic N) is 2. The van der Waals surface area contributed by atoms with E-state index in [1.807, 2.05) is 30.5 Å². The summed E-state index contributed by atoms with van der Waals surface area (Å²) in [5.74, 6) is -0.397. The van der Waals surface area contributed by atoms with E-state index >= 15 is 0 Å². The molecule has 34 heavy (non-hydrogen) atoms. The predicted molar refractivity (Wildman–Crippen MR) is 133 cm³/mol. The van der Waals surface area contributed by atoms with Crippen molar-refractivity contribution in [3.8, 4) is 0 Å². The zero-order valence-electron chi connectivity index (χ0n) is 19.7. The van der Waals surface area contributed by atoms with Crippen LogP contribution in [0.4, 0.5) is 0 Å². The van der Waals surface area contributed by atoms with E-state index in [9.17, 15) is 13.2 Å². The molecular formula is C26H30N4O3S. The summed E-state index contributed by atoms with van der Waals surface area (Å²) in [4.78, 5) is 15.9. The lowest BCUT2D eigenvalue weighted by atomic mass is 9.65. The fraction of sp³-hybridized carbons (Fsp3) is 0.385. The van der Waals surface area contributed by atoms with Crippen molar-refractivity contribution in [2.24, 2.45) is 15.9 Å². The monoisotopic (exact) mass is 478 g/mol. The van der Waals surface area contributed by atoms with Gasteiger partial charge in [-0.05, 0) is 60.4 Å². The molecule has 2 fully saturated rings. The van der Waals surface area contributed by atoms with E-state index in [1.165, 1.54) is 24.3 Å². The van der Waals surface area contributed by atoms with E-state index in [2.05, 4.69) is 36.3 Å². The SMILES string of the molecule is CC1(C)CC2CC(C)(CN2S(=O)(=O)c2ccc(C(=O)N/N=C/c3c[nH]c4ccccc34)cc2)C1. The number of carbonyl (C=O) groups is 1. The van der Waals surface area contributed by atoms with Gasteiger partial charge in [-0.2, -0.15) is 9.41 Å². The number of hydrogen-bond acceptors (Lipinski definition) is 4. The number of aromatic nitrogens is 1. The second kappa shape index (κ2) is 8.06. The lowest BCUT2D eigenvalue weighted by molar-refractivity contribution is 0.0955. The molecule has 2 N–H and O–H groups in total. The maximum atomic E-state index is 13.4. The Morgan fingerprint density at radius 3 is 2.62 bits per heavy atom. The van der Waals surface area contributed by atoms with Gasteiger partial charge in [0.15, 0.2) is 0 Å². The van der Waals surface area contributed by atoms with Crippen molar-refractivity contribution in [2.75, 3.05) is 6.54 Å². The Labute approximate surface area is 200 Å². The van der Waals surface area contributed by atoms with Gasteiger partial charge in [0.2, 0.25) is 10.0 Å². The number of sulfonamides is 1. The predicted octanol–water partition coefficient (Wildman–Crippen LogP) is 4.52. The van der Waals surface area contributed by atoms with Gasteiger partial charge in [0.1, 0.15) is 0 Å². The molecule has 1 aromatic heterocycles. The molecule has 2 unspecified atom stereocenters. The lowest BCUT2D eigenvalue weighted by Crippen LogP contribution is -2.37. The summed E-state index contributed by atoms with van der Waals surface area (Å²) in [6.45, 7) is 7.19. The quantitative estimate of drug-likeness (QED) is 0.417. The van der Waals surface area contributed by atoms with Crippen molar-refractivity contribution in [3.63, 3.8) is 0 Å². The maximum Gasteiger partial charge on any atom is 0.271 e. The molecule has 3 aromatic rings. The number of amides is 1. The number of fused-ring (bicyclic) bond motifs is 3. The Morgan fingerprint density at radius 2 is 1.85 bits per heavy atom. The summed E-state index contributed by atoms with van der Waals surface area (Å²) in [7, 11) is -3.62. The highest BCUT2D eigenvalue weighted by Crippen LogP contribution is 2.53. The van der Waals surface area contributed by atoms with Gasteiger partial charge < -0.3 is 4.98 Å². The Morgan fingerprint density at radius 1 is 1.12 bits per heavy atom. The Kier molecular flexibility index (Phi) is 5.41. The lowest BCUT2D eigenvalue weighted by Gasteiger charge is -2.39. The molecule has 1 saturated heterocycles. The van der Waals surface area contributed by atoms with Crippen LogP contribution in [0.5, 0.6) is 0 Å².